The molecule has 0 N–H and O–H groups in total. The number of nitrogens with zero attached hydrogens (tertiary/aromatic N) is 4. The number of imidazole rings is 1. The first-order chi connectivity index (χ1) is 9.48. The van der Waals surface area contributed by atoms with Gasteiger partial charge in [0.15, 0.2) is 5.65 Å². The van der Waals surface area contributed by atoms with Gasteiger partial charge in [0.1, 0.15) is 11.3 Å². The molecule has 4 heteroatoms. The lowest BCUT2D eigenvalue weighted by molar-refractivity contribution is 0.169. The Hall–Kier alpha value is -1.42. The second-order valence-electron chi connectivity index (χ2n) is 6.81. The molecule has 0 spiro atoms. The van der Waals surface area contributed by atoms with Crippen molar-refractivity contribution in [1.82, 2.24) is 19.4 Å². The Morgan fingerprint density at radius 1 is 1.25 bits per heavy atom. The van der Waals surface area contributed by atoms with Gasteiger partial charge in [-0.25, -0.2) is 9.97 Å². The van der Waals surface area contributed by atoms with E-state index in [1.54, 1.807) is 0 Å². The third kappa shape index (κ3) is 2.22. The van der Waals surface area contributed by atoms with Gasteiger partial charge in [-0.3, -0.25) is 4.90 Å². The Kier molecular flexibility index (Phi) is 3.28. The second kappa shape index (κ2) is 4.85. The van der Waals surface area contributed by atoms with Crippen LogP contribution < -0.4 is 0 Å². The smallest absolute Gasteiger partial charge is 0.160 e. The lowest BCUT2D eigenvalue weighted by Crippen LogP contribution is -2.34. The van der Waals surface area contributed by atoms with Crippen LogP contribution in [0.1, 0.15) is 51.9 Å². The third-order valence-corrected chi connectivity index (χ3v) is 4.18. The molecule has 20 heavy (non-hydrogen) atoms. The summed E-state index contributed by atoms with van der Waals surface area (Å²) in [4.78, 5) is 11.9. The lowest BCUT2D eigenvalue weighted by atomic mass is 10.0. The van der Waals surface area contributed by atoms with Crippen molar-refractivity contribution in [3.8, 4) is 0 Å². The third-order valence-electron chi connectivity index (χ3n) is 4.18. The zero-order chi connectivity index (χ0) is 14.3. The molecule has 0 aliphatic carbocycles. The molecule has 0 radical (unpaired) electrons. The summed E-state index contributed by atoms with van der Waals surface area (Å²) in [7, 11) is 2.21. The van der Waals surface area contributed by atoms with Gasteiger partial charge in [0.2, 0.25) is 0 Å². The summed E-state index contributed by atoms with van der Waals surface area (Å²) in [5, 5.41) is 0. The van der Waals surface area contributed by atoms with E-state index in [-0.39, 0.29) is 5.54 Å². The normalized spacial score (nSPS) is 21.5. The van der Waals surface area contributed by atoms with E-state index in [1.807, 2.05) is 12.3 Å². The summed E-state index contributed by atoms with van der Waals surface area (Å²) in [6.45, 7) is 7.85. The molecule has 0 aromatic carbocycles. The van der Waals surface area contributed by atoms with Crippen molar-refractivity contribution in [2.24, 2.45) is 0 Å². The number of fused-ring (bicyclic) bond motifs is 1. The fraction of sp³-hybridized carbons (Fsp3) is 0.625. The van der Waals surface area contributed by atoms with Crippen LogP contribution in [0.5, 0.6) is 0 Å². The molecule has 3 heterocycles. The first-order valence-electron chi connectivity index (χ1n) is 7.52. The predicted octanol–water partition coefficient (Wildman–Crippen LogP) is 3.34. The monoisotopic (exact) mass is 272 g/mol. The summed E-state index contributed by atoms with van der Waals surface area (Å²) in [5.74, 6) is 1.17. The van der Waals surface area contributed by atoms with Crippen LogP contribution in [-0.2, 0) is 5.54 Å². The Balaban J connectivity index is 2.19. The minimum atomic E-state index is -0.00325. The first kappa shape index (κ1) is 13.6. The van der Waals surface area contributed by atoms with Gasteiger partial charge in [0.25, 0.3) is 0 Å². The van der Waals surface area contributed by atoms with Crippen LogP contribution in [0.3, 0.4) is 0 Å². The van der Waals surface area contributed by atoms with E-state index in [0.717, 1.165) is 17.7 Å². The summed E-state index contributed by atoms with van der Waals surface area (Å²) >= 11 is 0. The van der Waals surface area contributed by atoms with Crippen molar-refractivity contribution in [3.05, 3.63) is 24.2 Å². The summed E-state index contributed by atoms with van der Waals surface area (Å²) in [5.41, 5.74) is 2.02. The highest BCUT2D eigenvalue weighted by Crippen LogP contribution is 2.34. The van der Waals surface area contributed by atoms with Gasteiger partial charge in [0.05, 0.1) is 6.04 Å². The highest BCUT2D eigenvalue weighted by Gasteiger charge is 2.30. The van der Waals surface area contributed by atoms with Crippen LogP contribution in [0.25, 0.3) is 11.2 Å². The zero-order valence-corrected chi connectivity index (χ0v) is 12.9. The largest absolute Gasteiger partial charge is 0.306 e. The van der Waals surface area contributed by atoms with E-state index in [9.17, 15) is 0 Å². The van der Waals surface area contributed by atoms with Crippen LogP contribution in [0.15, 0.2) is 18.3 Å². The average molecular weight is 272 g/mol. The van der Waals surface area contributed by atoms with Crippen molar-refractivity contribution in [2.45, 2.75) is 51.6 Å². The van der Waals surface area contributed by atoms with E-state index in [0.29, 0.717) is 6.04 Å². The molecule has 2 aromatic rings. The van der Waals surface area contributed by atoms with E-state index in [2.05, 4.69) is 48.3 Å². The highest BCUT2D eigenvalue weighted by molar-refractivity contribution is 5.71. The fourth-order valence-corrected chi connectivity index (χ4v) is 3.22. The SMILES string of the molecule is CN1CCCCC1c1nc2cccnc2n1C(C)(C)C. The zero-order valence-electron chi connectivity index (χ0n) is 12.9. The molecule has 2 aromatic heterocycles. The molecule has 0 amide bonds. The number of likely N-dealkylation sites (tertiary alicyclic amines) is 1. The number of piperidine rings is 1. The molecule has 0 bridgehead atoms. The van der Waals surface area contributed by atoms with Gasteiger partial charge in [-0.05, 0) is 59.3 Å². The molecule has 1 atom stereocenters. The van der Waals surface area contributed by atoms with Gasteiger partial charge < -0.3 is 4.57 Å². The molecule has 1 aliphatic rings. The molecule has 1 saturated heterocycles. The first-order valence-corrected chi connectivity index (χ1v) is 7.52. The summed E-state index contributed by atoms with van der Waals surface area (Å²) in [6.07, 6.45) is 5.63. The van der Waals surface area contributed by atoms with Gasteiger partial charge in [0, 0.05) is 11.7 Å². The highest BCUT2D eigenvalue weighted by atomic mass is 15.2. The predicted molar refractivity (Wildman–Crippen MR) is 81.7 cm³/mol. The molecule has 1 unspecified atom stereocenters. The van der Waals surface area contributed by atoms with E-state index >= 15 is 0 Å². The van der Waals surface area contributed by atoms with Crippen molar-refractivity contribution >= 4 is 11.2 Å². The maximum atomic E-state index is 4.91. The van der Waals surface area contributed by atoms with Crippen molar-refractivity contribution in [2.75, 3.05) is 13.6 Å². The molecular weight excluding hydrogens is 248 g/mol. The lowest BCUT2D eigenvalue weighted by Gasteiger charge is -2.34. The molecule has 4 nitrogen and oxygen atoms in total. The number of hydrogen-bond donors (Lipinski definition) is 0. The Bertz CT molecular complexity index is 608. The Labute approximate surface area is 120 Å². The molecule has 1 aliphatic heterocycles. The van der Waals surface area contributed by atoms with Gasteiger partial charge in [-0.15, -0.1) is 0 Å². The van der Waals surface area contributed by atoms with E-state index in [4.69, 9.17) is 4.98 Å². The standard InChI is InChI=1S/C16H24N4/c1-16(2,3)20-14-12(8-7-10-17-14)18-15(20)13-9-5-6-11-19(13)4/h7-8,10,13H,5-6,9,11H2,1-4H3. The number of rotatable bonds is 1. The van der Waals surface area contributed by atoms with Crippen LogP contribution >= 0.6 is 0 Å². The van der Waals surface area contributed by atoms with Gasteiger partial charge in [-0.2, -0.15) is 0 Å². The number of aromatic nitrogens is 3. The summed E-state index contributed by atoms with van der Waals surface area (Å²) in [6, 6.07) is 4.45. The quantitative estimate of drug-likeness (QED) is 0.798. The maximum Gasteiger partial charge on any atom is 0.160 e. The van der Waals surface area contributed by atoms with E-state index in [1.165, 1.54) is 25.1 Å². The van der Waals surface area contributed by atoms with Crippen LogP contribution in [0, 0.1) is 0 Å². The van der Waals surface area contributed by atoms with Crippen molar-refractivity contribution in [1.29, 1.82) is 0 Å². The minimum Gasteiger partial charge on any atom is -0.306 e. The molecule has 1 fully saturated rings. The molecule has 108 valence electrons. The molecule has 0 saturated carbocycles. The molecule has 3 rings (SSSR count). The van der Waals surface area contributed by atoms with Crippen LogP contribution in [0.2, 0.25) is 0 Å². The second-order valence-corrected chi connectivity index (χ2v) is 6.81. The number of hydrogen-bond acceptors (Lipinski definition) is 3. The fourth-order valence-electron chi connectivity index (χ4n) is 3.22. The Morgan fingerprint density at radius 3 is 2.75 bits per heavy atom. The van der Waals surface area contributed by atoms with Gasteiger partial charge in [-0.1, -0.05) is 6.42 Å². The van der Waals surface area contributed by atoms with Crippen molar-refractivity contribution in [3.63, 3.8) is 0 Å². The van der Waals surface area contributed by atoms with E-state index < -0.39 is 0 Å². The van der Waals surface area contributed by atoms with Crippen LogP contribution in [0.4, 0.5) is 0 Å². The van der Waals surface area contributed by atoms with Gasteiger partial charge >= 0.3 is 0 Å². The summed E-state index contributed by atoms with van der Waals surface area (Å²) < 4.78 is 2.33. The minimum absolute atomic E-state index is 0.00325. The topological polar surface area (TPSA) is 34.0 Å². The van der Waals surface area contributed by atoms with Crippen LogP contribution in [-0.4, -0.2) is 33.0 Å². The number of pyridine rings is 1. The Morgan fingerprint density at radius 2 is 2.05 bits per heavy atom. The molecular formula is C16H24N4. The average Bonchev–Trinajstić information content (AvgIpc) is 2.78. The van der Waals surface area contributed by atoms with Crippen molar-refractivity contribution < 1.29 is 0 Å². The maximum absolute atomic E-state index is 4.91.